The monoisotopic (exact) mass is 553 g/mol. The van der Waals surface area contributed by atoms with E-state index in [0.29, 0.717) is 19.0 Å². The molecule has 178 valence electrons. The number of carboxylic acid groups (broad SMARTS) is 1. The molecule has 3 N–H and O–H groups in total. The Bertz CT molecular complexity index is 1440. The van der Waals surface area contributed by atoms with Gasteiger partial charge in [-0.1, -0.05) is 24.3 Å². The molecule has 5 rings (SSSR count). The maximum atomic E-state index is 11.0. The van der Waals surface area contributed by atoms with Crippen LogP contribution in [0.2, 0.25) is 0 Å². The molecule has 0 radical (unpaired) electrons. The van der Waals surface area contributed by atoms with E-state index >= 15 is 0 Å². The van der Waals surface area contributed by atoms with Crippen molar-refractivity contribution in [1.29, 1.82) is 0 Å². The summed E-state index contributed by atoms with van der Waals surface area (Å²) in [5.41, 5.74) is 3.60. The van der Waals surface area contributed by atoms with Crippen LogP contribution in [0.25, 0.3) is 21.2 Å². The first kappa shape index (κ1) is 23.3. The van der Waals surface area contributed by atoms with E-state index in [2.05, 4.69) is 30.6 Å². The molecule has 0 bridgehead atoms. The Labute approximate surface area is 213 Å². The van der Waals surface area contributed by atoms with Crippen LogP contribution in [0.15, 0.2) is 64.1 Å². The zero-order valence-electron chi connectivity index (χ0n) is 18.3. The Hall–Kier alpha value is -3.47. The van der Waals surface area contributed by atoms with Crippen molar-refractivity contribution in [3.8, 4) is 22.6 Å². The van der Waals surface area contributed by atoms with Crippen molar-refractivity contribution >= 4 is 61.2 Å². The van der Waals surface area contributed by atoms with Crippen LogP contribution in [0.3, 0.4) is 0 Å². The van der Waals surface area contributed by atoms with E-state index < -0.39 is 18.6 Å². The molecule has 0 amide bonds. The minimum absolute atomic E-state index is 0.533. The van der Waals surface area contributed by atoms with E-state index in [1.165, 1.54) is 17.7 Å². The number of aromatic nitrogens is 1. The third kappa shape index (κ3) is 4.86. The Morgan fingerprint density at radius 2 is 2.00 bits per heavy atom. The molecule has 10 heteroatoms. The molecular weight excluding hydrogens is 534 g/mol. The summed E-state index contributed by atoms with van der Waals surface area (Å²) in [7, 11) is 0. The van der Waals surface area contributed by atoms with Crippen LogP contribution in [-0.4, -0.2) is 52.6 Å². The summed E-state index contributed by atoms with van der Waals surface area (Å²) in [4.78, 5) is 15.0. The standard InChI is InChI=1S/C25H20BrN3O5S/c26-23-16(15-5-7-20-21(11-15)34-9-8-33-20)2-1-3-18(23)28-24-17-6-4-14(10-22(17)35-29-24)12-27-19(13-30)25(31)32/h1-7,10-12,19,30H,8-9,13H2,(H,28,29)(H,31,32)/t19-/m0/s1. The molecular formula is C25H20BrN3O5S. The molecule has 0 fully saturated rings. The van der Waals surface area contributed by atoms with Gasteiger partial charge in [-0.2, -0.15) is 4.37 Å². The molecule has 0 aliphatic carbocycles. The van der Waals surface area contributed by atoms with Crippen molar-refractivity contribution in [1.82, 2.24) is 4.37 Å². The lowest BCUT2D eigenvalue weighted by atomic mass is 10.0. The highest BCUT2D eigenvalue weighted by molar-refractivity contribution is 9.10. The predicted octanol–water partition coefficient (Wildman–Crippen LogP) is 5.11. The number of aliphatic hydroxyl groups is 1. The molecule has 35 heavy (non-hydrogen) atoms. The molecule has 2 heterocycles. The largest absolute Gasteiger partial charge is 0.486 e. The lowest BCUT2D eigenvalue weighted by molar-refractivity contribution is -0.139. The SMILES string of the molecule is O=C(O)[C@H](CO)N=Cc1ccc2c(Nc3cccc(-c4ccc5c(c4)OCCO5)c3Br)nsc2c1. The van der Waals surface area contributed by atoms with Gasteiger partial charge in [0, 0.05) is 16.1 Å². The first-order chi connectivity index (χ1) is 17.0. The van der Waals surface area contributed by atoms with Crippen LogP contribution in [0.4, 0.5) is 11.5 Å². The number of benzene rings is 3. The van der Waals surface area contributed by atoms with Gasteiger partial charge in [0.1, 0.15) is 13.2 Å². The van der Waals surface area contributed by atoms with Crippen LogP contribution in [-0.2, 0) is 4.79 Å². The molecule has 1 aliphatic rings. The Morgan fingerprint density at radius 3 is 2.80 bits per heavy atom. The normalized spacial score (nSPS) is 13.8. The first-order valence-electron chi connectivity index (χ1n) is 10.8. The fraction of sp³-hybridized carbons (Fsp3) is 0.160. The zero-order chi connectivity index (χ0) is 24.4. The average molecular weight is 554 g/mol. The number of aliphatic carboxylic acids is 1. The summed E-state index contributed by atoms with van der Waals surface area (Å²) in [6.07, 6.45) is 1.45. The highest BCUT2D eigenvalue weighted by Crippen LogP contribution is 2.40. The van der Waals surface area contributed by atoms with Gasteiger partial charge in [0.05, 0.1) is 17.0 Å². The highest BCUT2D eigenvalue weighted by atomic mass is 79.9. The number of hydrogen-bond donors (Lipinski definition) is 3. The van der Waals surface area contributed by atoms with E-state index in [1.807, 2.05) is 54.6 Å². The van der Waals surface area contributed by atoms with Crippen LogP contribution in [0.5, 0.6) is 11.5 Å². The van der Waals surface area contributed by atoms with E-state index in [1.54, 1.807) is 0 Å². The third-order valence-corrected chi connectivity index (χ3v) is 7.13. The Kier molecular flexibility index (Phi) is 6.67. The summed E-state index contributed by atoms with van der Waals surface area (Å²) in [5.74, 6) is 1.03. The van der Waals surface area contributed by atoms with Gasteiger partial charge in [-0.25, -0.2) is 4.79 Å². The van der Waals surface area contributed by atoms with Gasteiger partial charge < -0.3 is 25.0 Å². The third-order valence-electron chi connectivity index (χ3n) is 5.46. The molecule has 0 unspecified atom stereocenters. The van der Waals surface area contributed by atoms with Crippen LogP contribution in [0, 0.1) is 0 Å². The number of halogens is 1. The van der Waals surface area contributed by atoms with Crippen LogP contribution < -0.4 is 14.8 Å². The fourth-order valence-electron chi connectivity index (χ4n) is 3.68. The fourth-order valence-corrected chi connectivity index (χ4v) is 5.06. The van der Waals surface area contributed by atoms with Crippen LogP contribution >= 0.6 is 27.5 Å². The van der Waals surface area contributed by atoms with Gasteiger partial charge in [0.15, 0.2) is 23.4 Å². The smallest absolute Gasteiger partial charge is 0.330 e. The summed E-state index contributed by atoms with van der Waals surface area (Å²) in [6, 6.07) is 16.3. The Balaban J connectivity index is 1.40. The number of hydrogen-bond acceptors (Lipinski definition) is 8. The molecule has 4 aromatic rings. The van der Waals surface area contributed by atoms with Crippen molar-refractivity contribution in [2.75, 3.05) is 25.1 Å². The second kappa shape index (κ2) is 10.0. The van der Waals surface area contributed by atoms with Crippen molar-refractivity contribution in [3.05, 3.63) is 64.6 Å². The van der Waals surface area contributed by atoms with E-state index in [4.69, 9.17) is 19.7 Å². The van der Waals surface area contributed by atoms with Gasteiger partial charge in [0.2, 0.25) is 0 Å². The van der Waals surface area contributed by atoms with E-state index in [0.717, 1.165) is 48.4 Å². The number of rotatable bonds is 7. The number of nitrogens with one attached hydrogen (secondary N) is 1. The number of nitrogens with zero attached hydrogens (tertiary/aromatic N) is 2. The minimum atomic E-state index is -1.18. The summed E-state index contributed by atoms with van der Waals surface area (Å²) >= 11 is 5.07. The van der Waals surface area contributed by atoms with Crippen molar-refractivity contribution in [2.24, 2.45) is 4.99 Å². The minimum Gasteiger partial charge on any atom is -0.486 e. The van der Waals surface area contributed by atoms with Gasteiger partial charge in [-0.3, -0.25) is 4.99 Å². The number of aliphatic hydroxyl groups excluding tert-OH is 1. The van der Waals surface area contributed by atoms with Crippen LogP contribution in [0.1, 0.15) is 5.56 Å². The summed E-state index contributed by atoms with van der Waals surface area (Å²) < 4.78 is 17.7. The molecule has 0 saturated heterocycles. The summed E-state index contributed by atoms with van der Waals surface area (Å²) in [6.45, 7) is 0.533. The van der Waals surface area contributed by atoms with Gasteiger partial charge >= 0.3 is 5.97 Å². The first-order valence-corrected chi connectivity index (χ1v) is 12.3. The van der Waals surface area contributed by atoms with Gasteiger partial charge in [-0.15, -0.1) is 0 Å². The predicted molar refractivity (Wildman–Crippen MR) is 140 cm³/mol. The van der Waals surface area contributed by atoms with Crippen molar-refractivity contribution in [3.63, 3.8) is 0 Å². The second-order valence-electron chi connectivity index (χ2n) is 7.75. The average Bonchev–Trinajstić information content (AvgIpc) is 3.27. The molecule has 8 nitrogen and oxygen atoms in total. The maximum Gasteiger partial charge on any atom is 0.330 e. The quantitative estimate of drug-likeness (QED) is 0.272. The number of carboxylic acids is 1. The lowest BCUT2D eigenvalue weighted by Gasteiger charge is -2.19. The Morgan fingerprint density at radius 1 is 1.17 bits per heavy atom. The van der Waals surface area contributed by atoms with Gasteiger partial charge in [-0.05, 0) is 74.5 Å². The molecule has 0 saturated carbocycles. The second-order valence-corrected chi connectivity index (χ2v) is 9.35. The molecule has 1 aliphatic heterocycles. The molecule has 0 spiro atoms. The van der Waals surface area contributed by atoms with Crippen molar-refractivity contribution < 1.29 is 24.5 Å². The molecule has 1 atom stereocenters. The summed E-state index contributed by atoms with van der Waals surface area (Å²) in [5, 5.41) is 22.5. The topological polar surface area (TPSA) is 113 Å². The number of fused-ring (bicyclic) bond motifs is 2. The molecule has 3 aromatic carbocycles. The van der Waals surface area contributed by atoms with E-state index in [9.17, 15) is 4.79 Å². The number of ether oxygens (including phenoxy) is 2. The number of aliphatic imine (C=N–C) groups is 1. The van der Waals surface area contributed by atoms with Crippen molar-refractivity contribution in [2.45, 2.75) is 6.04 Å². The zero-order valence-corrected chi connectivity index (χ0v) is 20.7. The van der Waals surface area contributed by atoms with E-state index in [-0.39, 0.29) is 0 Å². The number of carbonyl (C=O) groups is 1. The molecule has 1 aromatic heterocycles. The van der Waals surface area contributed by atoms with Gasteiger partial charge in [0.25, 0.3) is 0 Å². The number of anilines is 2. The maximum absolute atomic E-state index is 11.0. The highest BCUT2D eigenvalue weighted by Gasteiger charge is 2.16. The lowest BCUT2D eigenvalue weighted by Crippen LogP contribution is -2.22.